The van der Waals surface area contributed by atoms with E-state index in [-0.39, 0.29) is 0 Å². The smallest absolute Gasteiger partial charge is 0.156 e. The molecule has 4 nitrogen and oxygen atoms in total. The van der Waals surface area contributed by atoms with Crippen LogP contribution in [-0.2, 0) is 0 Å². The van der Waals surface area contributed by atoms with Crippen LogP contribution in [0.2, 0.25) is 0 Å². The van der Waals surface area contributed by atoms with Crippen LogP contribution < -0.4 is 10.6 Å². The van der Waals surface area contributed by atoms with Crippen LogP contribution >= 0.6 is 0 Å². The summed E-state index contributed by atoms with van der Waals surface area (Å²) >= 11 is 0. The number of aryl methyl sites for hydroxylation is 1. The maximum absolute atomic E-state index is 4.31. The molecule has 0 amide bonds. The Balaban J connectivity index is 1.79. The van der Waals surface area contributed by atoms with Crippen molar-refractivity contribution in [3.05, 3.63) is 30.0 Å². The molecule has 2 heterocycles. The Kier molecular flexibility index (Phi) is 3.60. The molecule has 0 saturated carbocycles. The zero-order valence-electron chi connectivity index (χ0n) is 11.3. The highest BCUT2D eigenvalue weighted by atomic mass is 15.2. The topological polar surface area (TPSA) is 49.8 Å². The van der Waals surface area contributed by atoms with Crippen molar-refractivity contribution in [3.8, 4) is 0 Å². The molecule has 1 aromatic carbocycles. The van der Waals surface area contributed by atoms with E-state index >= 15 is 0 Å². The molecule has 0 radical (unpaired) electrons. The summed E-state index contributed by atoms with van der Waals surface area (Å²) in [5, 5.41) is 17.8. The third-order valence-electron chi connectivity index (χ3n) is 3.89. The van der Waals surface area contributed by atoms with Crippen molar-refractivity contribution in [2.45, 2.75) is 19.8 Å². The van der Waals surface area contributed by atoms with Crippen LogP contribution in [0.25, 0.3) is 10.8 Å². The van der Waals surface area contributed by atoms with Crippen molar-refractivity contribution in [1.29, 1.82) is 0 Å². The second kappa shape index (κ2) is 5.53. The predicted octanol–water partition coefficient (Wildman–Crippen LogP) is 2.35. The van der Waals surface area contributed by atoms with E-state index in [1.807, 2.05) is 13.0 Å². The maximum atomic E-state index is 4.31. The van der Waals surface area contributed by atoms with E-state index in [2.05, 4.69) is 39.0 Å². The molecule has 2 aromatic rings. The van der Waals surface area contributed by atoms with Crippen molar-refractivity contribution in [3.63, 3.8) is 0 Å². The summed E-state index contributed by atoms with van der Waals surface area (Å²) in [6.45, 7) is 5.26. The Labute approximate surface area is 113 Å². The van der Waals surface area contributed by atoms with Crippen molar-refractivity contribution >= 4 is 16.6 Å². The molecular formula is C15H20N4. The summed E-state index contributed by atoms with van der Waals surface area (Å²) in [6, 6.07) is 8.32. The minimum Gasteiger partial charge on any atom is -0.368 e. The second-order valence-electron chi connectivity index (χ2n) is 5.25. The van der Waals surface area contributed by atoms with Gasteiger partial charge in [0.05, 0.1) is 5.69 Å². The molecule has 1 saturated heterocycles. The quantitative estimate of drug-likeness (QED) is 0.885. The van der Waals surface area contributed by atoms with Gasteiger partial charge in [-0.25, -0.2) is 0 Å². The van der Waals surface area contributed by atoms with E-state index in [0.29, 0.717) is 0 Å². The van der Waals surface area contributed by atoms with Crippen LogP contribution in [0.1, 0.15) is 18.5 Å². The SMILES string of the molecule is Cc1nnc(NCC2CCNCC2)c2ccccc12. The lowest BCUT2D eigenvalue weighted by atomic mass is 9.98. The highest BCUT2D eigenvalue weighted by molar-refractivity contribution is 5.92. The first kappa shape index (κ1) is 12.4. The minimum atomic E-state index is 0.739. The van der Waals surface area contributed by atoms with Gasteiger partial charge in [0.1, 0.15) is 0 Å². The lowest BCUT2D eigenvalue weighted by molar-refractivity contribution is 0.389. The van der Waals surface area contributed by atoms with Crippen LogP contribution in [0.4, 0.5) is 5.82 Å². The van der Waals surface area contributed by atoms with Crippen molar-refractivity contribution in [2.75, 3.05) is 25.0 Å². The minimum absolute atomic E-state index is 0.739. The number of rotatable bonds is 3. The largest absolute Gasteiger partial charge is 0.368 e. The average molecular weight is 256 g/mol. The number of nitrogens with zero attached hydrogens (tertiary/aromatic N) is 2. The first-order valence-corrected chi connectivity index (χ1v) is 7.01. The molecule has 1 aromatic heterocycles. The first-order valence-electron chi connectivity index (χ1n) is 7.01. The molecule has 100 valence electrons. The maximum Gasteiger partial charge on any atom is 0.156 e. The standard InChI is InChI=1S/C15H20N4/c1-11-13-4-2-3-5-14(13)15(19-18-11)17-10-12-6-8-16-9-7-12/h2-5,12,16H,6-10H2,1H3,(H,17,19). The van der Waals surface area contributed by atoms with Crippen molar-refractivity contribution in [2.24, 2.45) is 5.92 Å². The number of benzene rings is 1. The van der Waals surface area contributed by atoms with E-state index < -0.39 is 0 Å². The Morgan fingerprint density at radius 1 is 1.16 bits per heavy atom. The lowest BCUT2D eigenvalue weighted by Gasteiger charge is -2.23. The Hall–Kier alpha value is -1.68. The molecule has 0 bridgehead atoms. The van der Waals surface area contributed by atoms with Gasteiger partial charge in [0.25, 0.3) is 0 Å². The zero-order chi connectivity index (χ0) is 13.1. The Morgan fingerprint density at radius 3 is 2.68 bits per heavy atom. The fraction of sp³-hybridized carbons (Fsp3) is 0.467. The van der Waals surface area contributed by atoms with Gasteiger partial charge in [0.2, 0.25) is 0 Å². The molecule has 4 heteroatoms. The summed E-state index contributed by atoms with van der Waals surface area (Å²) < 4.78 is 0. The van der Waals surface area contributed by atoms with Gasteiger partial charge in [0, 0.05) is 17.3 Å². The first-order chi connectivity index (χ1) is 9.34. The molecule has 0 unspecified atom stereocenters. The summed E-state index contributed by atoms with van der Waals surface area (Å²) in [5.74, 6) is 1.66. The van der Waals surface area contributed by atoms with Gasteiger partial charge in [-0.3, -0.25) is 0 Å². The summed E-state index contributed by atoms with van der Waals surface area (Å²) in [7, 11) is 0. The summed E-state index contributed by atoms with van der Waals surface area (Å²) in [4.78, 5) is 0. The zero-order valence-corrected chi connectivity index (χ0v) is 11.3. The van der Waals surface area contributed by atoms with Gasteiger partial charge in [-0.05, 0) is 38.8 Å². The Morgan fingerprint density at radius 2 is 1.89 bits per heavy atom. The fourth-order valence-electron chi connectivity index (χ4n) is 2.70. The van der Waals surface area contributed by atoms with Crippen molar-refractivity contribution in [1.82, 2.24) is 15.5 Å². The highest BCUT2D eigenvalue weighted by Gasteiger charge is 2.13. The molecule has 19 heavy (non-hydrogen) atoms. The normalized spacial score (nSPS) is 16.7. The van der Waals surface area contributed by atoms with E-state index in [1.165, 1.54) is 23.6 Å². The van der Waals surface area contributed by atoms with E-state index in [1.54, 1.807) is 0 Å². The van der Waals surface area contributed by atoms with Crippen LogP contribution in [0.3, 0.4) is 0 Å². The average Bonchev–Trinajstić information content (AvgIpc) is 2.48. The molecular weight excluding hydrogens is 236 g/mol. The van der Waals surface area contributed by atoms with Crippen LogP contribution in [0.15, 0.2) is 24.3 Å². The molecule has 1 aliphatic rings. The van der Waals surface area contributed by atoms with Crippen LogP contribution in [-0.4, -0.2) is 29.8 Å². The third kappa shape index (κ3) is 2.68. The van der Waals surface area contributed by atoms with Gasteiger partial charge >= 0.3 is 0 Å². The molecule has 1 aliphatic heterocycles. The van der Waals surface area contributed by atoms with Gasteiger partial charge in [-0.15, -0.1) is 5.10 Å². The van der Waals surface area contributed by atoms with E-state index in [4.69, 9.17) is 0 Å². The van der Waals surface area contributed by atoms with Crippen molar-refractivity contribution < 1.29 is 0 Å². The van der Waals surface area contributed by atoms with Crippen LogP contribution in [0, 0.1) is 12.8 Å². The van der Waals surface area contributed by atoms with E-state index in [0.717, 1.165) is 37.1 Å². The van der Waals surface area contributed by atoms with Gasteiger partial charge in [-0.1, -0.05) is 24.3 Å². The number of hydrogen-bond donors (Lipinski definition) is 2. The number of nitrogens with one attached hydrogen (secondary N) is 2. The van der Waals surface area contributed by atoms with Crippen LogP contribution in [0.5, 0.6) is 0 Å². The monoisotopic (exact) mass is 256 g/mol. The summed E-state index contributed by atoms with van der Waals surface area (Å²) in [6.07, 6.45) is 2.48. The van der Waals surface area contributed by atoms with Gasteiger partial charge < -0.3 is 10.6 Å². The highest BCUT2D eigenvalue weighted by Crippen LogP contribution is 2.23. The number of anilines is 1. The Bertz CT molecular complexity index is 561. The molecule has 0 aliphatic carbocycles. The predicted molar refractivity (Wildman–Crippen MR) is 78.4 cm³/mol. The lowest BCUT2D eigenvalue weighted by Crippen LogP contribution is -2.31. The second-order valence-corrected chi connectivity index (χ2v) is 5.25. The van der Waals surface area contributed by atoms with Gasteiger partial charge in [0.15, 0.2) is 5.82 Å². The number of aromatic nitrogens is 2. The number of piperidine rings is 1. The van der Waals surface area contributed by atoms with E-state index in [9.17, 15) is 0 Å². The molecule has 3 rings (SSSR count). The molecule has 1 fully saturated rings. The summed E-state index contributed by atoms with van der Waals surface area (Å²) in [5.41, 5.74) is 0.989. The third-order valence-corrected chi connectivity index (χ3v) is 3.89. The number of fused-ring (bicyclic) bond motifs is 1. The molecule has 2 N–H and O–H groups in total. The van der Waals surface area contributed by atoms with Gasteiger partial charge in [-0.2, -0.15) is 5.10 Å². The fourth-order valence-corrected chi connectivity index (χ4v) is 2.70. The molecule has 0 spiro atoms. The number of hydrogen-bond acceptors (Lipinski definition) is 4. The molecule has 0 atom stereocenters.